The number of pyridine rings is 1. The van der Waals surface area contributed by atoms with Gasteiger partial charge in [0, 0.05) is 13.1 Å². The number of aromatic nitrogens is 1. The van der Waals surface area contributed by atoms with Gasteiger partial charge in [0.2, 0.25) is 0 Å². The smallest absolute Gasteiger partial charge is 0.260 e. The molecule has 2 N–H and O–H groups in total. The molecule has 0 spiro atoms. The number of hydrogen-bond donors (Lipinski definition) is 1. The van der Waals surface area contributed by atoms with Crippen molar-refractivity contribution in [2.24, 2.45) is 11.8 Å². The highest BCUT2D eigenvalue weighted by atomic mass is 32.2. The summed E-state index contributed by atoms with van der Waals surface area (Å²) in [6.45, 7) is 8.98. The lowest BCUT2D eigenvalue weighted by Crippen LogP contribution is -2.37. The molecule has 0 aromatic carbocycles. The standard InChI is InChI=1S/C13H23N3O2S/c1-10(2)8-16(9-11(3)4)19(17,18)13-6-5-12(14)7-15-13/h5-7,10-11H,8-9,14H2,1-4H3. The van der Waals surface area contributed by atoms with Crippen LogP contribution >= 0.6 is 0 Å². The minimum Gasteiger partial charge on any atom is -0.397 e. The lowest BCUT2D eigenvalue weighted by molar-refractivity contribution is 0.332. The Morgan fingerprint density at radius 1 is 1.16 bits per heavy atom. The zero-order valence-electron chi connectivity index (χ0n) is 12.0. The Bertz CT molecular complexity index is 485. The van der Waals surface area contributed by atoms with Crippen LogP contribution in [0.5, 0.6) is 0 Å². The van der Waals surface area contributed by atoms with Crippen molar-refractivity contribution in [2.45, 2.75) is 32.7 Å². The molecule has 1 heterocycles. The van der Waals surface area contributed by atoms with Crippen LogP contribution in [0.4, 0.5) is 5.69 Å². The Kier molecular flexibility index (Phi) is 5.31. The fourth-order valence-electron chi connectivity index (χ4n) is 1.76. The maximum Gasteiger partial charge on any atom is 0.260 e. The molecule has 0 aliphatic rings. The van der Waals surface area contributed by atoms with E-state index in [4.69, 9.17) is 5.73 Å². The van der Waals surface area contributed by atoms with E-state index in [1.54, 1.807) is 6.07 Å². The van der Waals surface area contributed by atoms with E-state index in [1.165, 1.54) is 16.6 Å². The number of nitrogens with zero attached hydrogens (tertiary/aromatic N) is 2. The van der Waals surface area contributed by atoms with Gasteiger partial charge in [0.05, 0.1) is 11.9 Å². The first-order chi connectivity index (χ1) is 8.73. The first-order valence-electron chi connectivity index (χ1n) is 6.45. The maximum absolute atomic E-state index is 12.5. The average Bonchev–Trinajstić information content (AvgIpc) is 2.27. The number of rotatable bonds is 6. The minimum atomic E-state index is -3.54. The molecule has 108 valence electrons. The molecule has 1 aromatic heterocycles. The Labute approximate surface area is 115 Å². The predicted octanol–water partition coefficient (Wildman–Crippen LogP) is 1.97. The number of nitrogens with two attached hydrogens (primary N) is 1. The van der Waals surface area contributed by atoms with Crippen LogP contribution in [0.25, 0.3) is 0 Å². The molecule has 0 atom stereocenters. The van der Waals surface area contributed by atoms with Gasteiger partial charge in [-0.3, -0.25) is 0 Å². The first kappa shape index (κ1) is 15.9. The topological polar surface area (TPSA) is 76.3 Å². The number of anilines is 1. The van der Waals surface area contributed by atoms with Crippen molar-refractivity contribution in [3.8, 4) is 0 Å². The van der Waals surface area contributed by atoms with E-state index in [0.717, 1.165) is 0 Å². The summed E-state index contributed by atoms with van der Waals surface area (Å²) in [6.07, 6.45) is 1.37. The molecule has 0 unspecified atom stereocenters. The number of sulfonamides is 1. The molecule has 19 heavy (non-hydrogen) atoms. The minimum absolute atomic E-state index is 0.0583. The van der Waals surface area contributed by atoms with Gasteiger partial charge in [-0.05, 0) is 24.0 Å². The largest absolute Gasteiger partial charge is 0.397 e. The molecular formula is C13H23N3O2S. The summed E-state index contributed by atoms with van der Waals surface area (Å²) in [5.41, 5.74) is 5.99. The summed E-state index contributed by atoms with van der Waals surface area (Å²) in [4.78, 5) is 3.93. The van der Waals surface area contributed by atoms with Crippen LogP contribution < -0.4 is 5.73 Å². The van der Waals surface area contributed by atoms with Gasteiger partial charge in [-0.1, -0.05) is 27.7 Å². The van der Waals surface area contributed by atoms with Gasteiger partial charge in [-0.15, -0.1) is 0 Å². The highest BCUT2D eigenvalue weighted by Gasteiger charge is 2.26. The molecule has 0 radical (unpaired) electrons. The Balaban J connectivity index is 3.07. The molecule has 0 aliphatic heterocycles. The van der Waals surface area contributed by atoms with E-state index < -0.39 is 10.0 Å². The Morgan fingerprint density at radius 3 is 2.05 bits per heavy atom. The molecule has 0 amide bonds. The quantitative estimate of drug-likeness (QED) is 0.867. The molecule has 6 heteroatoms. The van der Waals surface area contributed by atoms with Crippen LogP contribution in [0.15, 0.2) is 23.4 Å². The van der Waals surface area contributed by atoms with Gasteiger partial charge >= 0.3 is 0 Å². The van der Waals surface area contributed by atoms with Crippen LogP contribution in [0.1, 0.15) is 27.7 Å². The third-order valence-corrected chi connectivity index (χ3v) is 4.25. The van der Waals surface area contributed by atoms with E-state index in [2.05, 4.69) is 4.98 Å². The summed E-state index contributed by atoms with van der Waals surface area (Å²) < 4.78 is 26.6. The Hall–Kier alpha value is -1.14. The Morgan fingerprint density at radius 2 is 1.68 bits per heavy atom. The van der Waals surface area contributed by atoms with E-state index in [0.29, 0.717) is 18.8 Å². The van der Waals surface area contributed by atoms with E-state index in [1.807, 2.05) is 27.7 Å². The second-order valence-electron chi connectivity index (χ2n) is 5.54. The predicted molar refractivity (Wildman–Crippen MR) is 77.1 cm³/mol. The summed E-state index contributed by atoms with van der Waals surface area (Å²) in [5, 5.41) is 0.0583. The van der Waals surface area contributed by atoms with Crippen LogP contribution in [0.3, 0.4) is 0 Å². The monoisotopic (exact) mass is 285 g/mol. The van der Waals surface area contributed by atoms with Gasteiger partial charge in [-0.2, -0.15) is 4.31 Å². The maximum atomic E-state index is 12.5. The van der Waals surface area contributed by atoms with Gasteiger partial charge in [-0.25, -0.2) is 13.4 Å². The van der Waals surface area contributed by atoms with Crippen molar-refractivity contribution >= 4 is 15.7 Å². The van der Waals surface area contributed by atoms with Crippen LogP contribution in [-0.2, 0) is 10.0 Å². The molecule has 0 saturated carbocycles. The summed E-state index contributed by atoms with van der Waals surface area (Å²) >= 11 is 0. The lowest BCUT2D eigenvalue weighted by Gasteiger charge is -2.25. The second kappa shape index (κ2) is 6.34. The number of nitrogen functional groups attached to an aromatic ring is 1. The van der Waals surface area contributed by atoms with Gasteiger partial charge in [0.1, 0.15) is 0 Å². The molecule has 0 fully saturated rings. The van der Waals surface area contributed by atoms with Gasteiger partial charge < -0.3 is 5.73 Å². The summed E-state index contributed by atoms with van der Waals surface area (Å²) in [5.74, 6) is 0.532. The fourth-order valence-corrected chi connectivity index (χ4v) is 3.44. The van der Waals surface area contributed by atoms with Crippen molar-refractivity contribution in [2.75, 3.05) is 18.8 Å². The first-order valence-corrected chi connectivity index (χ1v) is 7.89. The summed E-state index contributed by atoms with van der Waals surface area (Å²) in [6, 6.07) is 3.02. The number of hydrogen-bond acceptors (Lipinski definition) is 4. The average molecular weight is 285 g/mol. The van der Waals surface area contributed by atoms with E-state index in [9.17, 15) is 8.42 Å². The third-order valence-electron chi connectivity index (χ3n) is 2.50. The lowest BCUT2D eigenvalue weighted by atomic mass is 10.2. The SMILES string of the molecule is CC(C)CN(CC(C)C)S(=O)(=O)c1ccc(N)cn1. The zero-order valence-corrected chi connectivity index (χ0v) is 12.8. The van der Waals surface area contributed by atoms with Crippen molar-refractivity contribution in [1.29, 1.82) is 0 Å². The molecular weight excluding hydrogens is 262 g/mol. The summed E-state index contributed by atoms with van der Waals surface area (Å²) in [7, 11) is -3.54. The van der Waals surface area contributed by atoms with Crippen LogP contribution in [-0.4, -0.2) is 30.8 Å². The highest BCUT2D eigenvalue weighted by Crippen LogP contribution is 2.17. The van der Waals surface area contributed by atoms with Crippen molar-refractivity contribution < 1.29 is 8.42 Å². The molecule has 0 bridgehead atoms. The molecule has 0 aliphatic carbocycles. The molecule has 1 aromatic rings. The van der Waals surface area contributed by atoms with Crippen molar-refractivity contribution in [3.63, 3.8) is 0 Å². The van der Waals surface area contributed by atoms with E-state index in [-0.39, 0.29) is 16.9 Å². The van der Waals surface area contributed by atoms with Crippen LogP contribution in [0.2, 0.25) is 0 Å². The normalized spacial score (nSPS) is 12.6. The van der Waals surface area contributed by atoms with Gasteiger partial charge in [0.15, 0.2) is 5.03 Å². The van der Waals surface area contributed by atoms with E-state index >= 15 is 0 Å². The second-order valence-corrected chi connectivity index (χ2v) is 7.42. The fraction of sp³-hybridized carbons (Fsp3) is 0.615. The molecule has 5 nitrogen and oxygen atoms in total. The van der Waals surface area contributed by atoms with Crippen molar-refractivity contribution in [1.82, 2.24) is 9.29 Å². The van der Waals surface area contributed by atoms with Gasteiger partial charge in [0.25, 0.3) is 10.0 Å². The van der Waals surface area contributed by atoms with Crippen molar-refractivity contribution in [3.05, 3.63) is 18.3 Å². The highest BCUT2D eigenvalue weighted by molar-refractivity contribution is 7.89. The molecule has 1 rings (SSSR count). The van der Waals surface area contributed by atoms with Crippen LogP contribution in [0, 0.1) is 11.8 Å². The third kappa shape index (κ3) is 4.47. The molecule has 0 saturated heterocycles. The zero-order chi connectivity index (χ0) is 14.6.